The fraction of sp³-hybridized carbons (Fsp3) is 0.294. The van der Waals surface area contributed by atoms with Crippen LogP contribution in [-0.4, -0.2) is 8.42 Å². The summed E-state index contributed by atoms with van der Waals surface area (Å²) in [6, 6.07) is 11.2. The van der Waals surface area contributed by atoms with Crippen molar-refractivity contribution < 1.29 is 8.42 Å². The van der Waals surface area contributed by atoms with Gasteiger partial charge in [-0.2, -0.15) is 0 Å². The van der Waals surface area contributed by atoms with Gasteiger partial charge in [0.05, 0.1) is 10.6 Å². The number of aryl methyl sites for hydroxylation is 4. The number of nitrogens with one attached hydrogen (secondary N) is 1. The van der Waals surface area contributed by atoms with E-state index in [0.29, 0.717) is 10.6 Å². The number of sulfonamides is 1. The molecule has 0 spiro atoms. The predicted molar refractivity (Wildman–Crippen MR) is 87.3 cm³/mol. The van der Waals surface area contributed by atoms with Gasteiger partial charge in [-0.1, -0.05) is 42.8 Å². The van der Waals surface area contributed by atoms with Gasteiger partial charge in [0, 0.05) is 0 Å². The van der Waals surface area contributed by atoms with Crippen molar-refractivity contribution in [1.29, 1.82) is 0 Å². The number of hydrogen-bond acceptors (Lipinski definition) is 2. The van der Waals surface area contributed by atoms with Gasteiger partial charge in [0.2, 0.25) is 0 Å². The summed E-state index contributed by atoms with van der Waals surface area (Å²) in [5.74, 6) is 0. The second-order valence-corrected chi connectivity index (χ2v) is 6.99. The highest BCUT2D eigenvalue weighted by Gasteiger charge is 2.19. The third-order valence-electron chi connectivity index (χ3n) is 3.60. The summed E-state index contributed by atoms with van der Waals surface area (Å²) in [7, 11) is -3.57. The van der Waals surface area contributed by atoms with E-state index in [1.807, 2.05) is 58.0 Å². The van der Waals surface area contributed by atoms with Crippen LogP contribution in [-0.2, 0) is 16.4 Å². The summed E-state index contributed by atoms with van der Waals surface area (Å²) in [6.07, 6.45) is 0.784. The first-order chi connectivity index (χ1) is 9.85. The molecule has 0 atom stereocenters. The van der Waals surface area contributed by atoms with Crippen molar-refractivity contribution in [3.05, 3.63) is 58.7 Å². The van der Waals surface area contributed by atoms with Gasteiger partial charge in [-0.05, 0) is 49.9 Å². The SMILES string of the molecule is CCc1cccc(C)c1NS(=O)(=O)c1ccc(C)cc1C. The first-order valence-corrected chi connectivity index (χ1v) is 8.52. The van der Waals surface area contributed by atoms with Crippen LogP contribution in [0.1, 0.15) is 29.2 Å². The number of hydrogen-bond donors (Lipinski definition) is 1. The number of para-hydroxylation sites is 1. The molecule has 3 nitrogen and oxygen atoms in total. The average Bonchev–Trinajstić information content (AvgIpc) is 2.40. The first kappa shape index (κ1) is 15.6. The molecule has 0 aromatic heterocycles. The van der Waals surface area contributed by atoms with Gasteiger partial charge in [0.15, 0.2) is 0 Å². The monoisotopic (exact) mass is 303 g/mol. The first-order valence-electron chi connectivity index (χ1n) is 7.03. The molecular formula is C17H21NO2S. The highest BCUT2D eigenvalue weighted by Crippen LogP contribution is 2.26. The molecule has 0 aliphatic heterocycles. The molecule has 0 unspecified atom stereocenters. The molecule has 0 radical (unpaired) electrons. The van der Waals surface area contributed by atoms with E-state index in [-0.39, 0.29) is 0 Å². The standard InChI is InChI=1S/C17H21NO2S/c1-5-15-8-6-7-13(3)17(15)18-21(19,20)16-10-9-12(2)11-14(16)4/h6-11,18H,5H2,1-4H3. The minimum atomic E-state index is -3.57. The van der Waals surface area contributed by atoms with E-state index in [4.69, 9.17) is 0 Å². The molecule has 2 rings (SSSR count). The van der Waals surface area contributed by atoms with Crippen LogP contribution in [0, 0.1) is 20.8 Å². The molecule has 2 aromatic carbocycles. The Balaban J connectivity index is 2.47. The molecule has 0 saturated carbocycles. The summed E-state index contributed by atoms with van der Waals surface area (Å²) < 4.78 is 28.0. The van der Waals surface area contributed by atoms with Gasteiger partial charge in [-0.25, -0.2) is 8.42 Å². The van der Waals surface area contributed by atoms with Gasteiger partial charge in [0.25, 0.3) is 10.0 Å². The largest absolute Gasteiger partial charge is 0.279 e. The minimum absolute atomic E-state index is 0.332. The van der Waals surface area contributed by atoms with Crippen molar-refractivity contribution in [2.24, 2.45) is 0 Å². The zero-order valence-corrected chi connectivity index (χ0v) is 13.7. The van der Waals surface area contributed by atoms with Crippen LogP contribution in [0.15, 0.2) is 41.3 Å². The van der Waals surface area contributed by atoms with Crippen LogP contribution in [0.2, 0.25) is 0 Å². The second kappa shape index (κ2) is 5.90. The van der Waals surface area contributed by atoms with E-state index in [9.17, 15) is 8.42 Å². The number of rotatable bonds is 4. The normalized spacial score (nSPS) is 11.4. The zero-order chi connectivity index (χ0) is 15.6. The molecule has 21 heavy (non-hydrogen) atoms. The Morgan fingerprint density at radius 3 is 2.33 bits per heavy atom. The molecular weight excluding hydrogens is 282 g/mol. The van der Waals surface area contributed by atoms with E-state index in [1.165, 1.54) is 0 Å². The molecule has 0 fully saturated rings. The highest BCUT2D eigenvalue weighted by atomic mass is 32.2. The molecule has 1 N–H and O–H groups in total. The highest BCUT2D eigenvalue weighted by molar-refractivity contribution is 7.92. The second-order valence-electron chi connectivity index (χ2n) is 5.34. The fourth-order valence-electron chi connectivity index (χ4n) is 2.46. The minimum Gasteiger partial charge on any atom is -0.279 e. The third-order valence-corrected chi connectivity index (χ3v) is 5.11. The van der Waals surface area contributed by atoms with Crippen LogP contribution in [0.3, 0.4) is 0 Å². The number of benzene rings is 2. The number of anilines is 1. The molecule has 0 amide bonds. The molecule has 0 aliphatic rings. The van der Waals surface area contributed by atoms with Crippen molar-refractivity contribution in [1.82, 2.24) is 0 Å². The molecule has 4 heteroatoms. The third kappa shape index (κ3) is 3.27. The fourth-order valence-corrected chi connectivity index (χ4v) is 3.86. The summed E-state index contributed by atoms with van der Waals surface area (Å²) in [5, 5.41) is 0. The van der Waals surface area contributed by atoms with Gasteiger partial charge >= 0.3 is 0 Å². The zero-order valence-electron chi connectivity index (χ0n) is 12.9. The Kier molecular flexibility index (Phi) is 4.37. The molecule has 0 heterocycles. The van der Waals surface area contributed by atoms with Crippen LogP contribution in [0.25, 0.3) is 0 Å². The molecule has 0 saturated heterocycles. The Morgan fingerprint density at radius 2 is 1.71 bits per heavy atom. The van der Waals surface area contributed by atoms with E-state index in [0.717, 1.165) is 28.7 Å². The van der Waals surface area contributed by atoms with Crippen LogP contribution in [0.5, 0.6) is 0 Å². The van der Waals surface area contributed by atoms with Crippen molar-refractivity contribution >= 4 is 15.7 Å². The van der Waals surface area contributed by atoms with Crippen LogP contribution < -0.4 is 4.72 Å². The predicted octanol–water partition coefficient (Wildman–Crippen LogP) is 3.98. The van der Waals surface area contributed by atoms with E-state index in [2.05, 4.69) is 4.72 Å². The Hall–Kier alpha value is -1.81. The van der Waals surface area contributed by atoms with Gasteiger partial charge in [-0.3, -0.25) is 4.72 Å². The summed E-state index contributed by atoms with van der Waals surface area (Å²) >= 11 is 0. The van der Waals surface area contributed by atoms with Crippen molar-refractivity contribution in [2.45, 2.75) is 39.0 Å². The quantitative estimate of drug-likeness (QED) is 0.928. The maximum Gasteiger partial charge on any atom is 0.262 e. The Bertz CT molecular complexity index is 764. The average molecular weight is 303 g/mol. The maximum absolute atomic E-state index is 12.6. The molecule has 0 bridgehead atoms. The van der Waals surface area contributed by atoms with Gasteiger partial charge in [0.1, 0.15) is 0 Å². The summed E-state index contributed by atoms with van der Waals surface area (Å²) in [6.45, 7) is 7.70. The van der Waals surface area contributed by atoms with E-state index < -0.39 is 10.0 Å². The lowest BCUT2D eigenvalue weighted by molar-refractivity contribution is 0.600. The van der Waals surface area contributed by atoms with Crippen LogP contribution in [0.4, 0.5) is 5.69 Å². The van der Waals surface area contributed by atoms with Gasteiger partial charge in [-0.15, -0.1) is 0 Å². The molecule has 2 aromatic rings. The molecule has 112 valence electrons. The lowest BCUT2D eigenvalue weighted by Crippen LogP contribution is -2.16. The smallest absolute Gasteiger partial charge is 0.262 e. The summed E-state index contributed by atoms with van der Waals surface area (Å²) in [4.78, 5) is 0.332. The van der Waals surface area contributed by atoms with E-state index in [1.54, 1.807) is 6.07 Å². The van der Waals surface area contributed by atoms with Crippen molar-refractivity contribution in [3.8, 4) is 0 Å². The van der Waals surface area contributed by atoms with E-state index >= 15 is 0 Å². The lowest BCUT2D eigenvalue weighted by Gasteiger charge is -2.15. The van der Waals surface area contributed by atoms with Crippen LogP contribution >= 0.6 is 0 Å². The molecule has 0 aliphatic carbocycles. The van der Waals surface area contributed by atoms with Crippen molar-refractivity contribution in [2.75, 3.05) is 4.72 Å². The lowest BCUT2D eigenvalue weighted by atomic mass is 10.1. The topological polar surface area (TPSA) is 46.2 Å². The summed E-state index contributed by atoms with van der Waals surface area (Å²) in [5.41, 5.74) is 4.44. The Morgan fingerprint density at radius 1 is 1.00 bits per heavy atom. The van der Waals surface area contributed by atoms with Gasteiger partial charge < -0.3 is 0 Å². The Labute approximate surface area is 127 Å². The van der Waals surface area contributed by atoms with Crippen molar-refractivity contribution in [3.63, 3.8) is 0 Å². The maximum atomic E-state index is 12.6.